The number of carbonyl (C=O) groups is 1. The minimum atomic E-state index is 0.366. The fourth-order valence-corrected chi connectivity index (χ4v) is 4.96. The monoisotopic (exact) mass is 249 g/mol. The largest absolute Gasteiger partial charge is 0.356 e. The lowest BCUT2D eigenvalue weighted by Crippen LogP contribution is -2.51. The molecule has 102 valence electrons. The van der Waals surface area contributed by atoms with E-state index in [9.17, 15) is 4.79 Å². The molecule has 4 rings (SSSR count). The molecule has 4 aliphatic carbocycles. The summed E-state index contributed by atoms with van der Waals surface area (Å²) in [6.45, 7) is 5.31. The lowest BCUT2D eigenvalue weighted by Gasteiger charge is -2.53. The quantitative estimate of drug-likeness (QED) is 0.814. The second kappa shape index (κ2) is 4.86. The van der Waals surface area contributed by atoms with E-state index in [1.165, 1.54) is 32.1 Å². The summed E-state index contributed by atoms with van der Waals surface area (Å²) in [7, 11) is 0. The van der Waals surface area contributed by atoms with Crippen molar-refractivity contribution in [3.05, 3.63) is 0 Å². The third kappa shape index (κ3) is 2.31. The lowest BCUT2D eigenvalue weighted by molar-refractivity contribution is -0.138. The Labute approximate surface area is 111 Å². The van der Waals surface area contributed by atoms with E-state index in [2.05, 4.69) is 19.2 Å². The lowest BCUT2D eigenvalue weighted by atomic mass is 9.51. The first-order valence-corrected chi connectivity index (χ1v) is 7.91. The number of hydrogen-bond donors (Lipinski definition) is 1. The molecule has 0 unspecified atom stereocenters. The average molecular weight is 249 g/mol. The van der Waals surface area contributed by atoms with Gasteiger partial charge in [-0.2, -0.15) is 0 Å². The van der Waals surface area contributed by atoms with Crippen LogP contribution in [-0.2, 0) is 4.79 Å². The van der Waals surface area contributed by atoms with Gasteiger partial charge in [0, 0.05) is 12.5 Å². The zero-order chi connectivity index (χ0) is 12.7. The summed E-state index contributed by atoms with van der Waals surface area (Å²) >= 11 is 0. The van der Waals surface area contributed by atoms with Gasteiger partial charge in [0.1, 0.15) is 0 Å². The molecule has 0 aromatic rings. The topological polar surface area (TPSA) is 29.1 Å². The van der Waals surface area contributed by atoms with Gasteiger partial charge in [0.05, 0.1) is 0 Å². The number of hydrogen-bond acceptors (Lipinski definition) is 1. The molecular formula is C16H27NO. The van der Waals surface area contributed by atoms with E-state index in [0.717, 1.165) is 36.6 Å². The van der Waals surface area contributed by atoms with Crippen molar-refractivity contribution in [3.8, 4) is 0 Å². The van der Waals surface area contributed by atoms with Crippen LogP contribution in [0.3, 0.4) is 0 Å². The van der Waals surface area contributed by atoms with Crippen LogP contribution in [0, 0.1) is 35.5 Å². The SMILES string of the molecule is CC(C)CCNC(=O)C1C2CC3CC(C2)CC1C3. The predicted molar refractivity (Wildman–Crippen MR) is 73.0 cm³/mol. The Kier molecular flexibility index (Phi) is 3.38. The van der Waals surface area contributed by atoms with Crippen LogP contribution < -0.4 is 5.32 Å². The summed E-state index contributed by atoms with van der Waals surface area (Å²) in [5.41, 5.74) is 0. The fourth-order valence-electron chi connectivity index (χ4n) is 4.96. The van der Waals surface area contributed by atoms with E-state index in [0.29, 0.717) is 17.7 Å². The zero-order valence-corrected chi connectivity index (χ0v) is 11.8. The molecule has 4 saturated carbocycles. The van der Waals surface area contributed by atoms with E-state index >= 15 is 0 Å². The summed E-state index contributed by atoms with van der Waals surface area (Å²) in [5.74, 6) is 4.80. The van der Waals surface area contributed by atoms with Gasteiger partial charge in [-0.15, -0.1) is 0 Å². The third-order valence-electron chi connectivity index (χ3n) is 5.55. The molecule has 0 heterocycles. The van der Waals surface area contributed by atoms with Crippen molar-refractivity contribution < 1.29 is 4.79 Å². The molecule has 2 heteroatoms. The normalized spacial score (nSPS) is 41.4. The molecule has 4 bridgehead atoms. The maximum absolute atomic E-state index is 12.4. The van der Waals surface area contributed by atoms with Crippen molar-refractivity contribution in [1.82, 2.24) is 5.32 Å². The van der Waals surface area contributed by atoms with Crippen molar-refractivity contribution in [2.75, 3.05) is 6.54 Å². The molecule has 0 spiro atoms. The maximum atomic E-state index is 12.4. The Bertz CT molecular complexity index is 295. The Morgan fingerprint density at radius 1 is 1.06 bits per heavy atom. The summed E-state index contributed by atoms with van der Waals surface area (Å²) < 4.78 is 0. The summed E-state index contributed by atoms with van der Waals surface area (Å²) in [6, 6.07) is 0. The van der Waals surface area contributed by atoms with E-state index in [1.54, 1.807) is 0 Å². The van der Waals surface area contributed by atoms with Gasteiger partial charge in [-0.1, -0.05) is 13.8 Å². The standard InChI is InChI=1S/C16H27NO/c1-10(2)3-4-17-16(18)15-13-6-11-5-12(8-13)9-14(15)7-11/h10-15H,3-9H2,1-2H3,(H,17,18). The van der Waals surface area contributed by atoms with Crippen molar-refractivity contribution in [1.29, 1.82) is 0 Å². The minimum Gasteiger partial charge on any atom is -0.356 e. The van der Waals surface area contributed by atoms with Crippen molar-refractivity contribution >= 4 is 5.91 Å². The molecule has 0 radical (unpaired) electrons. The maximum Gasteiger partial charge on any atom is 0.223 e. The number of rotatable bonds is 4. The first-order valence-electron chi connectivity index (χ1n) is 7.91. The first kappa shape index (κ1) is 12.5. The van der Waals surface area contributed by atoms with Gasteiger partial charge < -0.3 is 5.32 Å². The fraction of sp³-hybridized carbons (Fsp3) is 0.938. The van der Waals surface area contributed by atoms with Crippen molar-refractivity contribution in [2.24, 2.45) is 35.5 Å². The van der Waals surface area contributed by atoms with Gasteiger partial charge >= 0.3 is 0 Å². The van der Waals surface area contributed by atoms with E-state index < -0.39 is 0 Å². The Balaban J connectivity index is 1.57. The van der Waals surface area contributed by atoms with Crippen LogP contribution in [0.1, 0.15) is 52.4 Å². The molecule has 1 N–H and O–H groups in total. The van der Waals surface area contributed by atoms with E-state index in [4.69, 9.17) is 0 Å². The second-order valence-corrected chi connectivity index (χ2v) is 7.43. The smallest absolute Gasteiger partial charge is 0.223 e. The Morgan fingerprint density at radius 3 is 2.11 bits per heavy atom. The van der Waals surface area contributed by atoms with Gasteiger partial charge in [-0.05, 0) is 68.1 Å². The van der Waals surface area contributed by atoms with Crippen LogP contribution in [0.2, 0.25) is 0 Å². The van der Waals surface area contributed by atoms with Gasteiger partial charge in [0.15, 0.2) is 0 Å². The second-order valence-electron chi connectivity index (χ2n) is 7.43. The Morgan fingerprint density at radius 2 is 1.61 bits per heavy atom. The highest BCUT2D eigenvalue weighted by atomic mass is 16.1. The van der Waals surface area contributed by atoms with Crippen molar-refractivity contribution in [3.63, 3.8) is 0 Å². The predicted octanol–water partition coefficient (Wildman–Crippen LogP) is 3.22. The van der Waals surface area contributed by atoms with Crippen LogP contribution >= 0.6 is 0 Å². The molecule has 1 amide bonds. The average Bonchev–Trinajstić information content (AvgIpc) is 2.26. The van der Waals surface area contributed by atoms with Crippen LogP contribution in [0.15, 0.2) is 0 Å². The molecule has 18 heavy (non-hydrogen) atoms. The first-order chi connectivity index (χ1) is 8.63. The van der Waals surface area contributed by atoms with E-state index in [-0.39, 0.29) is 0 Å². The minimum absolute atomic E-state index is 0.366. The molecule has 0 atom stereocenters. The van der Waals surface area contributed by atoms with Gasteiger partial charge in [0.25, 0.3) is 0 Å². The third-order valence-corrected chi connectivity index (χ3v) is 5.55. The summed E-state index contributed by atoms with van der Waals surface area (Å²) in [4.78, 5) is 12.4. The van der Waals surface area contributed by atoms with Crippen LogP contribution in [-0.4, -0.2) is 12.5 Å². The molecule has 0 saturated heterocycles. The number of carbonyl (C=O) groups excluding carboxylic acids is 1. The Hall–Kier alpha value is -0.530. The van der Waals surface area contributed by atoms with Gasteiger partial charge in [-0.3, -0.25) is 4.79 Å². The molecule has 0 aliphatic heterocycles. The van der Waals surface area contributed by atoms with Crippen molar-refractivity contribution in [2.45, 2.75) is 52.4 Å². The molecule has 0 aromatic carbocycles. The molecule has 4 fully saturated rings. The number of amides is 1. The highest BCUT2D eigenvalue weighted by Crippen LogP contribution is 2.56. The zero-order valence-electron chi connectivity index (χ0n) is 11.8. The van der Waals surface area contributed by atoms with Crippen LogP contribution in [0.4, 0.5) is 0 Å². The van der Waals surface area contributed by atoms with Crippen LogP contribution in [0.5, 0.6) is 0 Å². The highest BCUT2D eigenvalue weighted by Gasteiger charge is 2.50. The van der Waals surface area contributed by atoms with E-state index in [1.807, 2.05) is 0 Å². The molecule has 2 nitrogen and oxygen atoms in total. The molecular weight excluding hydrogens is 222 g/mol. The van der Waals surface area contributed by atoms with Gasteiger partial charge in [-0.25, -0.2) is 0 Å². The van der Waals surface area contributed by atoms with Gasteiger partial charge in [0.2, 0.25) is 5.91 Å². The highest BCUT2D eigenvalue weighted by molar-refractivity contribution is 5.79. The van der Waals surface area contributed by atoms with Crippen LogP contribution in [0.25, 0.3) is 0 Å². The summed E-state index contributed by atoms with van der Waals surface area (Å²) in [6.07, 6.45) is 7.95. The molecule has 0 aromatic heterocycles. The molecule has 4 aliphatic rings. The number of nitrogens with one attached hydrogen (secondary N) is 1. The summed E-state index contributed by atoms with van der Waals surface area (Å²) in [5, 5.41) is 3.20.